The molecule has 0 fully saturated rings. The summed E-state index contributed by atoms with van der Waals surface area (Å²) in [4.78, 5) is 27.4. The number of ether oxygens (including phenoxy) is 2. The molecule has 0 unspecified atom stereocenters. The van der Waals surface area contributed by atoms with E-state index in [4.69, 9.17) is 9.47 Å². The van der Waals surface area contributed by atoms with Crippen LogP contribution in [-0.2, 0) is 4.74 Å². The normalized spacial score (nSPS) is 11.0. The van der Waals surface area contributed by atoms with Gasteiger partial charge >= 0.3 is 6.16 Å². The first-order valence-electron chi connectivity index (χ1n) is 6.91. The molecule has 2 rings (SSSR count). The van der Waals surface area contributed by atoms with Crippen molar-refractivity contribution in [2.75, 3.05) is 0 Å². The van der Waals surface area contributed by atoms with Crippen LogP contribution in [0.25, 0.3) is 11.1 Å². The molecule has 1 aromatic carbocycles. The number of nitrogens with zero attached hydrogens (tertiary/aromatic N) is 1. The maximum atomic E-state index is 13.3. The number of halogens is 1. The summed E-state index contributed by atoms with van der Waals surface area (Å²) < 4.78 is 23.3. The fourth-order valence-electron chi connectivity index (χ4n) is 1.77. The van der Waals surface area contributed by atoms with Gasteiger partial charge in [0.15, 0.2) is 5.75 Å². The Morgan fingerprint density at radius 2 is 1.87 bits per heavy atom. The smallest absolute Gasteiger partial charge is 0.428 e. The second kappa shape index (κ2) is 6.56. The summed E-state index contributed by atoms with van der Waals surface area (Å²) in [5.41, 5.74) is -0.300. The van der Waals surface area contributed by atoms with Gasteiger partial charge in [0.05, 0.1) is 6.20 Å². The molecule has 1 heterocycles. The first-order valence-corrected chi connectivity index (χ1v) is 6.91. The molecule has 6 heteroatoms. The monoisotopic (exact) mass is 317 g/mol. The highest BCUT2D eigenvalue weighted by molar-refractivity contribution is 5.67. The lowest BCUT2D eigenvalue weighted by molar-refractivity contribution is 0.0204. The summed E-state index contributed by atoms with van der Waals surface area (Å²) in [6.07, 6.45) is 1.54. The average Bonchev–Trinajstić information content (AvgIpc) is 2.59. The molecular formula is C17H16FNO4. The number of carbonyl (C=O) groups excluding carboxylic acids is 1. The molecule has 120 valence electrons. The lowest BCUT2D eigenvalue weighted by Crippen LogP contribution is -2.26. The van der Waals surface area contributed by atoms with Crippen LogP contribution < -0.4 is 10.2 Å². The second-order valence-electron chi connectivity index (χ2n) is 5.81. The Bertz CT molecular complexity index is 784. The Kier molecular flexibility index (Phi) is 4.74. The van der Waals surface area contributed by atoms with Crippen LogP contribution >= 0.6 is 0 Å². The molecule has 0 spiro atoms. The van der Waals surface area contributed by atoms with E-state index < -0.39 is 23.0 Å². The topological polar surface area (TPSA) is 65.5 Å². The maximum Gasteiger partial charge on any atom is 0.514 e. The second-order valence-corrected chi connectivity index (χ2v) is 5.81. The molecule has 0 bridgehead atoms. The van der Waals surface area contributed by atoms with Gasteiger partial charge in [-0.05, 0) is 44.5 Å². The highest BCUT2D eigenvalue weighted by Gasteiger charge is 2.19. The highest BCUT2D eigenvalue weighted by Crippen LogP contribution is 2.21. The Hall–Kier alpha value is -2.76. The number of pyridine rings is 1. The molecule has 0 radical (unpaired) electrons. The van der Waals surface area contributed by atoms with E-state index in [-0.39, 0.29) is 5.75 Å². The lowest BCUT2D eigenvalue weighted by Gasteiger charge is -2.18. The molecule has 0 N–H and O–H groups in total. The third-order valence-corrected chi connectivity index (χ3v) is 2.67. The molecule has 0 aliphatic rings. The van der Waals surface area contributed by atoms with Gasteiger partial charge < -0.3 is 9.47 Å². The fourth-order valence-corrected chi connectivity index (χ4v) is 1.77. The van der Waals surface area contributed by atoms with Crippen molar-refractivity contribution in [2.24, 2.45) is 0 Å². The van der Waals surface area contributed by atoms with Crippen molar-refractivity contribution in [3.63, 3.8) is 0 Å². The van der Waals surface area contributed by atoms with E-state index in [1.54, 1.807) is 26.8 Å². The number of hydrogen-bond acceptors (Lipinski definition) is 5. The van der Waals surface area contributed by atoms with Crippen LogP contribution in [0.4, 0.5) is 9.18 Å². The summed E-state index contributed by atoms with van der Waals surface area (Å²) in [6.45, 7) is 5.05. The molecule has 0 atom stereocenters. The molecule has 2 aromatic rings. The van der Waals surface area contributed by atoms with E-state index in [0.29, 0.717) is 11.1 Å². The van der Waals surface area contributed by atoms with Crippen molar-refractivity contribution < 1.29 is 18.7 Å². The minimum atomic E-state index is -0.982. The van der Waals surface area contributed by atoms with E-state index in [9.17, 15) is 14.0 Å². The fraction of sp³-hybridized carbons (Fsp3) is 0.235. The molecule has 0 aliphatic heterocycles. The minimum absolute atomic E-state index is 0.205. The van der Waals surface area contributed by atoms with Gasteiger partial charge in [-0.3, -0.25) is 9.78 Å². The average molecular weight is 317 g/mol. The van der Waals surface area contributed by atoms with Crippen LogP contribution in [0.2, 0.25) is 0 Å². The third-order valence-electron chi connectivity index (χ3n) is 2.67. The molecule has 0 amide bonds. The zero-order valence-electron chi connectivity index (χ0n) is 13.0. The van der Waals surface area contributed by atoms with Crippen molar-refractivity contribution in [3.05, 3.63) is 58.8 Å². The Morgan fingerprint density at radius 3 is 2.52 bits per heavy atom. The van der Waals surface area contributed by atoms with Gasteiger partial charge in [-0.1, -0.05) is 12.1 Å². The Morgan fingerprint density at radius 1 is 1.13 bits per heavy atom. The SMILES string of the molecule is CC(C)(C)OC(=O)Oc1cc(-c2cncc(F)c2)cccc1=O. The van der Waals surface area contributed by atoms with Crippen LogP contribution in [0, 0.1) is 5.82 Å². The first kappa shape index (κ1) is 16.6. The third kappa shape index (κ3) is 4.88. The van der Waals surface area contributed by atoms with Crippen molar-refractivity contribution in [1.29, 1.82) is 0 Å². The Balaban J connectivity index is 2.37. The molecule has 0 aliphatic carbocycles. The van der Waals surface area contributed by atoms with E-state index in [1.165, 1.54) is 30.5 Å². The van der Waals surface area contributed by atoms with E-state index in [0.717, 1.165) is 6.20 Å². The molecular weight excluding hydrogens is 301 g/mol. The van der Waals surface area contributed by atoms with Gasteiger partial charge in [0.25, 0.3) is 0 Å². The standard InChI is InChI=1S/C17H16FNO4/c1-17(2,3)23-16(21)22-15-8-11(5-4-6-14(15)20)12-7-13(18)10-19-9-12/h4-10H,1-3H3. The number of carbonyl (C=O) groups is 1. The summed E-state index contributed by atoms with van der Waals surface area (Å²) in [6, 6.07) is 6.95. The van der Waals surface area contributed by atoms with Crippen LogP contribution in [-0.4, -0.2) is 16.7 Å². The predicted molar refractivity (Wildman–Crippen MR) is 82.8 cm³/mol. The minimum Gasteiger partial charge on any atom is -0.428 e. The largest absolute Gasteiger partial charge is 0.514 e. The van der Waals surface area contributed by atoms with E-state index >= 15 is 0 Å². The van der Waals surface area contributed by atoms with E-state index in [2.05, 4.69) is 4.98 Å². The highest BCUT2D eigenvalue weighted by atomic mass is 19.1. The quantitative estimate of drug-likeness (QED) is 0.792. The van der Waals surface area contributed by atoms with Gasteiger partial charge in [-0.25, -0.2) is 9.18 Å². The maximum absolute atomic E-state index is 13.3. The molecule has 0 saturated carbocycles. The summed E-state index contributed by atoms with van der Waals surface area (Å²) in [5.74, 6) is -0.713. The van der Waals surface area contributed by atoms with Gasteiger partial charge in [0, 0.05) is 11.8 Å². The Labute approximate surface area is 132 Å². The van der Waals surface area contributed by atoms with Gasteiger partial charge in [0.2, 0.25) is 5.43 Å². The zero-order chi connectivity index (χ0) is 17.0. The van der Waals surface area contributed by atoms with Crippen LogP contribution in [0.15, 0.2) is 47.5 Å². The number of hydrogen-bond donors (Lipinski definition) is 0. The van der Waals surface area contributed by atoms with Crippen molar-refractivity contribution >= 4 is 6.16 Å². The molecule has 5 nitrogen and oxygen atoms in total. The van der Waals surface area contributed by atoms with Crippen LogP contribution in [0.3, 0.4) is 0 Å². The molecule has 0 saturated heterocycles. The predicted octanol–water partition coefficient (Wildman–Crippen LogP) is 3.56. The lowest BCUT2D eigenvalue weighted by atomic mass is 10.1. The van der Waals surface area contributed by atoms with Gasteiger partial charge in [-0.2, -0.15) is 0 Å². The first-order chi connectivity index (χ1) is 10.7. The van der Waals surface area contributed by atoms with Crippen LogP contribution in [0.1, 0.15) is 20.8 Å². The van der Waals surface area contributed by atoms with Crippen molar-refractivity contribution in [3.8, 4) is 16.9 Å². The van der Waals surface area contributed by atoms with Crippen molar-refractivity contribution in [2.45, 2.75) is 26.4 Å². The van der Waals surface area contributed by atoms with Crippen LogP contribution in [0.5, 0.6) is 5.75 Å². The molecule has 1 aromatic heterocycles. The van der Waals surface area contributed by atoms with E-state index in [1.807, 2.05) is 0 Å². The summed E-state index contributed by atoms with van der Waals surface area (Å²) in [7, 11) is 0. The van der Waals surface area contributed by atoms with Gasteiger partial charge in [0.1, 0.15) is 11.4 Å². The summed E-state index contributed by atoms with van der Waals surface area (Å²) >= 11 is 0. The number of aromatic nitrogens is 1. The molecule has 23 heavy (non-hydrogen) atoms. The van der Waals surface area contributed by atoms with Gasteiger partial charge in [-0.15, -0.1) is 0 Å². The van der Waals surface area contributed by atoms with Crippen molar-refractivity contribution in [1.82, 2.24) is 4.98 Å². The zero-order valence-corrected chi connectivity index (χ0v) is 13.0. The summed E-state index contributed by atoms with van der Waals surface area (Å²) in [5, 5.41) is 0. The number of rotatable bonds is 2.